The molecule has 1 aromatic carbocycles. The van der Waals surface area contributed by atoms with Gasteiger partial charge in [0, 0.05) is 22.7 Å². The Morgan fingerprint density at radius 2 is 2.06 bits per heavy atom. The summed E-state index contributed by atoms with van der Waals surface area (Å²) in [5.74, 6) is 0.363. The Morgan fingerprint density at radius 1 is 1.29 bits per heavy atom. The van der Waals surface area contributed by atoms with Crippen molar-refractivity contribution >= 4 is 51.0 Å². The molecule has 1 aliphatic heterocycles. The van der Waals surface area contributed by atoms with Crippen molar-refractivity contribution < 1.29 is 9.53 Å². The van der Waals surface area contributed by atoms with Crippen molar-refractivity contribution in [3.05, 3.63) is 46.3 Å². The second kappa shape index (κ2) is 9.48. The number of carbonyl (C=O) groups is 1. The minimum absolute atomic E-state index is 0.0265. The quantitative estimate of drug-likeness (QED) is 0.292. The maximum atomic E-state index is 12.6. The number of hydrogen-bond acceptors (Lipinski definition) is 7. The number of carbonyl (C=O) groups excluding carboxylic acids is 1. The molecule has 3 heterocycles. The van der Waals surface area contributed by atoms with E-state index in [-0.39, 0.29) is 17.6 Å². The Kier molecular flexibility index (Phi) is 6.91. The number of benzene rings is 1. The van der Waals surface area contributed by atoms with Crippen LogP contribution in [0.1, 0.15) is 36.8 Å². The zero-order valence-electron chi connectivity index (χ0n) is 18.2. The molecular formula is C23H27N3O2S3. The molecule has 1 amide bonds. The minimum atomic E-state index is -0.203. The van der Waals surface area contributed by atoms with Crippen molar-refractivity contribution in [2.45, 2.75) is 62.0 Å². The van der Waals surface area contributed by atoms with Crippen LogP contribution in [0.4, 0.5) is 0 Å². The fourth-order valence-electron chi connectivity index (χ4n) is 3.76. The first-order valence-corrected chi connectivity index (χ1v) is 13.3. The van der Waals surface area contributed by atoms with E-state index in [9.17, 15) is 4.79 Å². The monoisotopic (exact) mass is 473 g/mol. The molecule has 164 valence electrons. The van der Waals surface area contributed by atoms with Crippen molar-refractivity contribution in [3.63, 3.8) is 0 Å². The van der Waals surface area contributed by atoms with Gasteiger partial charge in [0.1, 0.15) is 9.86 Å². The molecule has 0 saturated carbocycles. The molecule has 31 heavy (non-hydrogen) atoms. The van der Waals surface area contributed by atoms with E-state index in [0.717, 1.165) is 33.2 Å². The number of aromatic nitrogens is 2. The van der Waals surface area contributed by atoms with Crippen molar-refractivity contribution in [1.29, 1.82) is 0 Å². The summed E-state index contributed by atoms with van der Waals surface area (Å²) in [5.41, 5.74) is 2.30. The van der Waals surface area contributed by atoms with Crippen molar-refractivity contribution in [1.82, 2.24) is 15.3 Å². The highest BCUT2D eigenvalue weighted by molar-refractivity contribution is 8.00. The smallest absolute Gasteiger partial charge is 0.230 e. The third-order valence-corrected chi connectivity index (χ3v) is 7.81. The second-order valence-electron chi connectivity index (χ2n) is 8.37. The van der Waals surface area contributed by atoms with Crippen LogP contribution in [-0.4, -0.2) is 39.5 Å². The second-order valence-corrected chi connectivity index (χ2v) is 11.2. The van der Waals surface area contributed by atoms with Crippen LogP contribution in [0.15, 0.2) is 40.5 Å². The van der Waals surface area contributed by atoms with Gasteiger partial charge in [0.15, 0.2) is 5.16 Å². The number of nitrogens with zero attached hydrogens (tertiary/aromatic N) is 2. The molecule has 1 unspecified atom stereocenters. The Morgan fingerprint density at radius 3 is 2.81 bits per heavy atom. The van der Waals surface area contributed by atoms with Crippen LogP contribution < -0.4 is 5.32 Å². The van der Waals surface area contributed by atoms with Crippen LogP contribution in [0.25, 0.3) is 10.2 Å². The summed E-state index contributed by atoms with van der Waals surface area (Å²) >= 11 is 4.72. The van der Waals surface area contributed by atoms with E-state index in [4.69, 9.17) is 14.7 Å². The van der Waals surface area contributed by atoms with Crippen LogP contribution in [0.5, 0.6) is 0 Å². The first kappa shape index (κ1) is 22.6. The predicted octanol–water partition coefficient (Wildman–Crippen LogP) is 5.10. The molecule has 3 aromatic rings. The van der Waals surface area contributed by atoms with Crippen molar-refractivity contribution in [3.8, 4) is 0 Å². The van der Waals surface area contributed by atoms with Gasteiger partial charge in [0.25, 0.3) is 0 Å². The van der Waals surface area contributed by atoms with Gasteiger partial charge >= 0.3 is 0 Å². The summed E-state index contributed by atoms with van der Waals surface area (Å²) < 4.78 is 5.99. The fourth-order valence-corrected chi connectivity index (χ4v) is 6.27. The molecule has 4 rings (SSSR count). The van der Waals surface area contributed by atoms with Crippen molar-refractivity contribution in [2.75, 3.05) is 12.0 Å². The van der Waals surface area contributed by atoms with Gasteiger partial charge in [-0.25, -0.2) is 9.97 Å². The maximum absolute atomic E-state index is 12.6. The number of thiophene rings is 1. The Balaban J connectivity index is 1.50. The molecule has 0 radical (unpaired) electrons. The lowest BCUT2D eigenvalue weighted by atomic mass is 9.95. The highest BCUT2D eigenvalue weighted by Gasteiger charge is 2.31. The Hall–Kier alpha value is -1.61. The van der Waals surface area contributed by atoms with E-state index < -0.39 is 0 Å². The van der Waals surface area contributed by atoms with Crippen LogP contribution >= 0.6 is 34.9 Å². The third kappa shape index (κ3) is 5.42. The highest BCUT2D eigenvalue weighted by Crippen LogP contribution is 2.42. The zero-order chi connectivity index (χ0) is 22.0. The summed E-state index contributed by atoms with van der Waals surface area (Å²) in [6.45, 7) is 6.89. The molecular weight excluding hydrogens is 446 g/mol. The number of fused-ring (bicyclic) bond motifs is 3. The molecule has 8 heteroatoms. The minimum Gasteiger partial charge on any atom is -0.370 e. The van der Waals surface area contributed by atoms with Gasteiger partial charge in [-0.2, -0.15) is 0 Å². The molecule has 0 saturated heterocycles. The number of amides is 1. The van der Waals surface area contributed by atoms with E-state index in [0.29, 0.717) is 12.4 Å². The van der Waals surface area contributed by atoms with E-state index >= 15 is 0 Å². The average molecular weight is 474 g/mol. The van der Waals surface area contributed by atoms with E-state index in [1.54, 1.807) is 11.3 Å². The molecule has 0 aliphatic carbocycles. The van der Waals surface area contributed by atoms with Crippen LogP contribution in [0.3, 0.4) is 0 Å². The van der Waals surface area contributed by atoms with Gasteiger partial charge in [-0.05, 0) is 44.6 Å². The fraction of sp³-hybridized carbons (Fsp3) is 0.435. The highest BCUT2D eigenvalue weighted by atomic mass is 32.2. The Bertz CT molecular complexity index is 1080. The van der Waals surface area contributed by atoms with E-state index in [1.807, 2.05) is 31.4 Å². The van der Waals surface area contributed by atoms with Gasteiger partial charge in [-0.1, -0.05) is 53.9 Å². The third-order valence-electron chi connectivity index (χ3n) is 5.19. The summed E-state index contributed by atoms with van der Waals surface area (Å²) in [6.07, 6.45) is 3.63. The summed E-state index contributed by atoms with van der Waals surface area (Å²) in [4.78, 5) is 24.4. The number of ether oxygens (including phenoxy) is 1. The van der Waals surface area contributed by atoms with Gasteiger partial charge in [-0.15, -0.1) is 11.3 Å². The Labute approximate surface area is 195 Å². The van der Waals surface area contributed by atoms with Crippen molar-refractivity contribution in [2.24, 2.45) is 0 Å². The normalized spacial score (nSPS) is 16.1. The molecule has 1 N–H and O–H groups in total. The van der Waals surface area contributed by atoms with Crippen LogP contribution in [0.2, 0.25) is 0 Å². The topological polar surface area (TPSA) is 64.1 Å². The SMILES string of the molecule is CSc1nc(SCC(=O)NC(C)Cc2ccccc2)c2c3c(sc2n1)COC(C)(C)C3. The number of nitrogens with one attached hydrogen (secondary N) is 1. The van der Waals surface area contributed by atoms with Crippen LogP contribution in [0, 0.1) is 0 Å². The maximum Gasteiger partial charge on any atom is 0.230 e. The van der Waals surface area contributed by atoms with Gasteiger partial charge in [-0.3, -0.25) is 4.79 Å². The zero-order valence-corrected chi connectivity index (χ0v) is 20.7. The number of thioether (sulfide) groups is 2. The standard InChI is InChI=1S/C23H27N3O2S3/c1-14(10-15-8-6-5-7-9-15)24-18(27)13-30-20-19-16-11-23(2,3)28-12-17(16)31-21(19)26-22(25-20)29-4/h5-9,14H,10-13H2,1-4H3,(H,24,27). The van der Waals surface area contributed by atoms with E-state index in [1.165, 1.54) is 39.5 Å². The lowest BCUT2D eigenvalue weighted by Gasteiger charge is -2.30. The van der Waals surface area contributed by atoms with Gasteiger partial charge in [0.2, 0.25) is 5.91 Å². The summed E-state index contributed by atoms with van der Waals surface area (Å²) in [5, 5.41) is 5.86. The predicted molar refractivity (Wildman–Crippen MR) is 130 cm³/mol. The molecule has 1 atom stereocenters. The molecule has 0 spiro atoms. The van der Waals surface area contributed by atoms with Gasteiger partial charge in [0.05, 0.1) is 18.0 Å². The average Bonchev–Trinajstić information content (AvgIpc) is 3.09. The van der Waals surface area contributed by atoms with Gasteiger partial charge < -0.3 is 10.1 Å². The lowest BCUT2D eigenvalue weighted by molar-refractivity contribution is -0.119. The number of hydrogen-bond donors (Lipinski definition) is 1. The number of rotatable bonds is 7. The first-order chi connectivity index (χ1) is 14.8. The molecule has 0 fully saturated rings. The first-order valence-electron chi connectivity index (χ1n) is 10.3. The summed E-state index contributed by atoms with van der Waals surface area (Å²) in [6, 6.07) is 10.3. The summed E-state index contributed by atoms with van der Waals surface area (Å²) in [7, 11) is 0. The molecule has 0 bridgehead atoms. The molecule has 1 aliphatic rings. The largest absolute Gasteiger partial charge is 0.370 e. The van der Waals surface area contributed by atoms with E-state index in [2.05, 4.69) is 31.3 Å². The molecule has 2 aromatic heterocycles. The lowest BCUT2D eigenvalue weighted by Crippen LogP contribution is -2.35. The van der Waals surface area contributed by atoms with Crippen LogP contribution in [-0.2, 0) is 29.0 Å². The molecule has 5 nitrogen and oxygen atoms in total.